The minimum absolute atomic E-state index is 0.475. The number of anilines is 2. The molecule has 0 radical (unpaired) electrons. The summed E-state index contributed by atoms with van der Waals surface area (Å²) < 4.78 is 11.4. The molecule has 25 heavy (non-hydrogen) atoms. The van der Waals surface area contributed by atoms with Gasteiger partial charge in [0.15, 0.2) is 11.5 Å². The highest BCUT2D eigenvalue weighted by Crippen LogP contribution is 2.37. The van der Waals surface area contributed by atoms with Crippen LogP contribution in [0.5, 0.6) is 11.5 Å². The fourth-order valence-corrected chi connectivity index (χ4v) is 2.62. The van der Waals surface area contributed by atoms with Crippen molar-refractivity contribution in [3.05, 3.63) is 54.2 Å². The lowest BCUT2D eigenvalue weighted by Crippen LogP contribution is -2.01. The van der Waals surface area contributed by atoms with Gasteiger partial charge < -0.3 is 14.8 Å². The van der Waals surface area contributed by atoms with Crippen LogP contribution in [0.4, 0.5) is 11.4 Å². The van der Waals surface area contributed by atoms with Crippen molar-refractivity contribution in [3.8, 4) is 17.6 Å². The Labute approximate surface area is 146 Å². The van der Waals surface area contributed by atoms with E-state index in [1.165, 1.54) is 0 Å². The summed E-state index contributed by atoms with van der Waals surface area (Å²) in [6.07, 6.45) is 1.57. The molecule has 0 bridgehead atoms. The lowest BCUT2D eigenvalue weighted by Gasteiger charge is -2.15. The number of para-hydroxylation sites is 1. The zero-order valence-corrected chi connectivity index (χ0v) is 14.2. The Kier molecular flexibility index (Phi) is 5.00. The van der Waals surface area contributed by atoms with Crippen LogP contribution in [-0.2, 0) is 0 Å². The average Bonchev–Trinajstić information content (AvgIpc) is 2.64. The van der Waals surface area contributed by atoms with Crippen LogP contribution in [0.2, 0.25) is 0 Å². The first-order valence-electron chi connectivity index (χ1n) is 8.21. The summed E-state index contributed by atoms with van der Waals surface area (Å²) in [5, 5.41) is 13.6. The first kappa shape index (κ1) is 16.6. The number of rotatable bonds is 6. The molecule has 0 atom stereocenters. The van der Waals surface area contributed by atoms with E-state index < -0.39 is 0 Å². The van der Waals surface area contributed by atoms with Gasteiger partial charge in [-0.1, -0.05) is 18.2 Å². The number of fused-ring (bicyclic) bond motifs is 1. The van der Waals surface area contributed by atoms with E-state index in [1.807, 2.05) is 56.3 Å². The zero-order valence-electron chi connectivity index (χ0n) is 14.2. The maximum absolute atomic E-state index is 9.48. The van der Waals surface area contributed by atoms with Crippen molar-refractivity contribution < 1.29 is 9.47 Å². The van der Waals surface area contributed by atoms with Gasteiger partial charge in [-0.25, -0.2) is 0 Å². The summed E-state index contributed by atoms with van der Waals surface area (Å²) in [4.78, 5) is 4.40. The summed E-state index contributed by atoms with van der Waals surface area (Å²) >= 11 is 0. The minimum atomic E-state index is 0.475. The fourth-order valence-electron chi connectivity index (χ4n) is 2.62. The van der Waals surface area contributed by atoms with Gasteiger partial charge in [0.1, 0.15) is 6.07 Å². The van der Waals surface area contributed by atoms with E-state index in [-0.39, 0.29) is 0 Å². The Morgan fingerprint density at radius 2 is 1.72 bits per heavy atom. The number of pyridine rings is 1. The van der Waals surface area contributed by atoms with Crippen molar-refractivity contribution in [1.82, 2.24) is 4.98 Å². The van der Waals surface area contributed by atoms with E-state index in [1.54, 1.807) is 6.20 Å². The number of hydrogen-bond acceptors (Lipinski definition) is 5. The molecule has 0 saturated carbocycles. The van der Waals surface area contributed by atoms with E-state index in [4.69, 9.17) is 9.47 Å². The summed E-state index contributed by atoms with van der Waals surface area (Å²) in [5.74, 6) is 1.30. The largest absolute Gasteiger partial charge is 0.490 e. The van der Waals surface area contributed by atoms with E-state index in [2.05, 4.69) is 16.4 Å². The standard InChI is InChI=1S/C20H19N3O2/c1-3-24-18-10-16-17(11-19(18)25-4-2)22-13-14(12-21)20(16)23-15-8-6-5-7-9-15/h5-11,13H,3-4H2,1-2H3,(H,22,23). The highest BCUT2D eigenvalue weighted by molar-refractivity contribution is 5.97. The van der Waals surface area contributed by atoms with Crippen LogP contribution in [0.3, 0.4) is 0 Å². The predicted octanol–water partition coefficient (Wildman–Crippen LogP) is 4.65. The molecule has 126 valence electrons. The average molecular weight is 333 g/mol. The number of hydrogen-bond donors (Lipinski definition) is 1. The number of aromatic nitrogens is 1. The van der Waals surface area contributed by atoms with Gasteiger partial charge in [0.2, 0.25) is 0 Å². The van der Waals surface area contributed by atoms with Crippen LogP contribution >= 0.6 is 0 Å². The summed E-state index contributed by atoms with van der Waals surface area (Å²) in [5.41, 5.74) is 2.83. The first-order valence-corrected chi connectivity index (χ1v) is 8.21. The molecule has 3 rings (SSSR count). The Balaban J connectivity index is 2.18. The zero-order chi connectivity index (χ0) is 17.6. The second-order valence-corrected chi connectivity index (χ2v) is 5.33. The third-order valence-electron chi connectivity index (χ3n) is 3.70. The van der Waals surface area contributed by atoms with Gasteiger partial charge in [0.25, 0.3) is 0 Å². The molecule has 0 unspecified atom stereocenters. The third kappa shape index (κ3) is 3.48. The Hall–Kier alpha value is -3.26. The second kappa shape index (κ2) is 7.54. The Morgan fingerprint density at radius 3 is 2.36 bits per heavy atom. The fraction of sp³-hybridized carbons (Fsp3) is 0.200. The highest BCUT2D eigenvalue weighted by atomic mass is 16.5. The maximum Gasteiger partial charge on any atom is 0.163 e. The van der Waals surface area contributed by atoms with Crippen molar-refractivity contribution in [3.63, 3.8) is 0 Å². The lowest BCUT2D eigenvalue weighted by atomic mass is 10.1. The molecule has 0 amide bonds. The van der Waals surface area contributed by atoms with Crippen molar-refractivity contribution in [2.45, 2.75) is 13.8 Å². The van der Waals surface area contributed by atoms with Crippen molar-refractivity contribution in [2.24, 2.45) is 0 Å². The molecule has 0 saturated heterocycles. The molecular weight excluding hydrogens is 314 g/mol. The SMILES string of the molecule is CCOc1cc2ncc(C#N)c(Nc3ccccc3)c2cc1OCC. The number of nitrogens with one attached hydrogen (secondary N) is 1. The Morgan fingerprint density at radius 1 is 1.04 bits per heavy atom. The maximum atomic E-state index is 9.48. The molecule has 1 aromatic heterocycles. The van der Waals surface area contributed by atoms with Crippen LogP contribution in [0.1, 0.15) is 19.4 Å². The van der Waals surface area contributed by atoms with Crippen LogP contribution in [0, 0.1) is 11.3 Å². The van der Waals surface area contributed by atoms with Gasteiger partial charge >= 0.3 is 0 Å². The molecule has 5 nitrogen and oxygen atoms in total. The van der Waals surface area contributed by atoms with E-state index in [0.29, 0.717) is 36.0 Å². The smallest absolute Gasteiger partial charge is 0.163 e. The van der Waals surface area contributed by atoms with Gasteiger partial charge in [-0.2, -0.15) is 5.26 Å². The topological polar surface area (TPSA) is 67.2 Å². The van der Waals surface area contributed by atoms with E-state index >= 15 is 0 Å². The van der Waals surface area contributed by atoms with Gasteiger partial charge in [-0.05, 0) is 32.0 Å². The molecule has 0 aliphatic heterocycles. The first-order chi connectivity index (χ1) is 12.3. The molecule has 1 N–H and O–H groups in total. The summed E-state index contributed by atoms with van der Waals surface area (Å²) in [6.45, 7) is 4.91. The number of nitriles is 1. The lowest BCUT2D eigenvalue weighted by molar-refractivity contribution is 0.288. The minimum Gasteiger partial charge on any atom is -0.490 e. The number of nitrogens with zero attached hydrogens (tertiary/aromatic N) is 2. The van der Waals surface area contributed by atoms with Gasteiger partial charge in [0, 0.05) is 23.3 Å². The van der Waals surface area contributed by atoms with Crippen molar-refractivity contribution in [2.75, 3.05) is 18.5 Å². The molecule has 5 heteroatoms. The van der Waals surface area contributed by atoms with Crippen molar-refractivity contribution >= 4 is 22.3 Å². The van der Waals surface area contributed by atoms with Crippen LogP contribution in [-0.4, -0.2) is 18.2 Å². The predicted molar refractivity (Wildman–Crippen MR) is 98.5 cm³/mol. The molecule has 0 spiro atoms. The molecule has 3 aromatic rings. The van der Waals surface area contributed by atoms with Gasteiger partial charge in [0.05, 0.1) is 30.0 Å². The molecule has 0 aliphatic rings. The second-order valence-electron chi connectivity index (χ2n) is 5.33. The monoisotopic (exact) mass is 333 g/mol. The Bertz CT molecular complexity index is 918. The van der Waals surface area contributed by atoms with Crippen molar-refractivity contribution in [1.29, 1.82) is 5.26 Å². The normalized spacial score (nSPS) is 10.3. The summed E-state index contributed by atoms with van der Waals surface area (Å²) in [6, 6.07) is 15.7. The molecule has 0 fully saturated rings. The van der Waals surface area contributed by atoms with E-state index in [0.717, 1.165) is 16.6 Å². The molecule has 0 aliphatic carbocycles. The van der Waals surface area contributed by atoms with E-state index in [9.17, 15) is 5.26 Å². The quantitative estimate of drug-likeness (QED) is 0.711. The molecule has 2 aromatic carbocycles. The number of ether oxygens (including phenoxy) is 2. The third-order valence-corrected chi connectivity index (χ3v) is 3.70. The van der Waals surface area contributed by atoms with Crippen LogP contribution in [0.25, 0.3) is 10.9 Å². The van der Waals surface area contributed by atoms with Gasteiger partial charge in [-0.15, -0.1) is 0 Å². The van der Waals surface area contributed by atoms with Gasteiger partial charge in [-0.3, -0.25) is 4.98 Å². The van der Waals surface area contributed by atoms with Crippen LogP contribution in [0.15, 0.2) is 48.7 Å². The summed E-state index contributed by atoms with van der Waals surface area (Å²) in [7, 11) is 0. The molecular formula is C20H19N3O2. The highest BCUT2D eigenvalue weighted by Gasteiger charge is 2.14. The van der Waals surface area contributed by atoms with Crippen LogP contribution < -0.4 is 14.8 Å². The molecule has 1 heterocycles. The number of benzene rings is 2.